The summed E-state index contributed by atoms with van der Waals surface area (Å²) in [7, 11) is 0. The van der Waals surface area contributed by atoms with Crippen LogP contribution >= 0.6 is 0 Å². The van der Waals surface area contributed by atoms with Gasteiger partial charge in [-0.05, 0) is 44.2 Å². The number of quaternary nitrogens is 1. The molecule has 1 aliphatic heterocycles. The van der Waals surface area contributed by atoms with E-state index in [1.807, 2.05) is 26.0 Å². The summed E-state index contributed by atoms with van der Waals surface area (Å²) in [5, 5.41) is 2.24. The van der Waals surface area contributed by atoms with Crippen molar-refractivity contribution in [1.29, 1.82) is 0 Å². The molecule has 3 aromatic rings. The highest BCUT2D eigenvalue weighted by Gasteiger charge is 2.27. The molecule has 0 amide bonds. The van der Waals surface area contributed by atoms with Crippen molar-refractivity contribution in [3.8, 4) is 17.2 Å². The van der Waals surface area contributed by atoms with Gasteiger partial charge in [0.25, 0.3) is 0 Å². The van der Waals surface area contributed by atoms with E-state index in [1.165, 1.54) is 11.6 Å². The molecule has 0 aliphatic carbocycles. The first-order valence-corrected chi connectivity index (χ1v) is 9.40. The second kappa shape index (κ2) is 7.45. The van der Waals surface area contributed by atoms with E-state index in [-0.39, 0.29) is 11.9 Å². The van der Waals surface area contributed by atoms with Crippen molar-refractivity contribution in [2.24, 2.45) is 0 Å². The minimum atomic E-state index is -0.210. The Kier molecular flexibility index (Phi) is 4.86. The van der Waals surface area contributed by atoms with E-state index in [2.05, 4.69) is 34.3 Å². The van der Waals surface area contributed by atoms with E-state index < -0.39 is 0 Å². The van der Waals surface area contributed by atoms with Crippen molar-refractivity contribution >= 4 is 0 Å². The summed E-state index contributed by atoms with van der Waals surface area (Å²) in [6.45, 7) is 5.87. The minimum absolute atomic E-state index is 0.0224. The zero-order chi connectivity index (χ0) is 18.8. The molecule has 2 heterocycles. The molecule has 1 aliphatic rings. The van der Waals surface area contributed by atoms with Crippen molar-refractivity contribution in [2.45, 2.75) is 26.4 Å². The minimum Gasteiger partial charge on any atom is -0.490 e. The number of nitrogens with zero attached hydrogens (tertiary/aromatic N) is 1. The van der Waals surface area contributed by atoms with Crippen molar-refractivity contribution in [1.82, 2.24) is 4.57 Å². The first-order valence-electron chi connectivity index (χ1n) is 9.40. The lowest BCUT2D eigenvalue weighted by Gasteiger charge is -2.16. The fourth-order valence-corrected chi connectivity index (χ4v) is 3.76. The number of aromatic nitrogens is 1. The maximum atomic E-state index is 13.8. The molecule has 4 nitrogen and oxygen atoms in total. The Morgan fingerprint density at radius 1 is 1.04 bits per heavy atom. The summed E-state index contributed by atoms with van der Waals surface area (Å²) in [5.74, 6) is 1.31. The highest BCUT2D eigenvalue weighted by Crippen LogP contribution is 2.35. The largest absolute Gasteiger partial charge is 0.490 e. The number of hydrogen-bond donors (Lipinski definition) is 1. The molecule has 5 heteroatoms. The number of hydrogen-bond acceptors (Lipinski definition) is 2. The van der Waals surface area contributed by atoms with Crippen molar-refractivity contribution < 1.29 is 19.2 Å². The van der Waals surface area contributed by atoms with Crippen LogP contribution in [0.4, 0.5) is 4.39 Å². The van der Waals surface area contributed by atoms with Gasteiger partial charge in [-0.25, -0.2) is 4.39 Å². The summed E-state index contributed by atoms with van der Waals surface area (Å²) >= 11 is 0. The third-order valence-corrected chi connectivity index (χ3v) is 4.88. The van der Waals surface area contributed by atoms with E-state index in [0.717, 1.165) is 35.0 Å². The molecule has 0 unspecified atom stereocenters. The van der Waals surface area contributed by atoms with Crippen LogP contribution in [0.3, 0.4) is 0 Å². The molecule has 0 saturated heterocycles. The number of fused-ring (bicyclic) bond motifs is 3. The Bertz CT molecular complexity index is 951. The van der Waals surface area contributed by atoms with Crippen LogP contribution in [0.25, 0.3) is 5.69 Å². The van der Waals surface area contributed by atoms with Gasteiger partial charge in [-0.1, -0.05) is 12.1 Å². The van der Waals surface area contributed by atoms with Crippen LogP contribution in [0.1, 0.15) is 36.7 Å². The predicted molar refractivity (Wildman–Crippen MR) is 102 cm³/mol. The molecule has 0 fully saturated rings. The van der Waals surface area contributed by atoms with Gasteiger partial charge in [-0.2, -0.15) is 0 Å². The number of nitrogens with two attached hydrogens (primary N) is 1. The van der Waals surface area contributed by atoms with Crippen LogP contribution in [0.5, 0.6) is 11.5 Å². The Labute approximate surface area is 158 Å². The molecule has 2 N–H and O–H groups in total. The first-order chi connectivity index (χ1) is 13.2. The zero-order valence-electron chi connectivity index (χ0n) is 15.6. The molecular weight excluding hydrogens is 343 g/mol. The smallest absolute Gasteiger partial charge is 0.163 e. The van der Waals surface area contributed by atoms with Crippen molar-refractivity contribution in [3.63, 3.8) is 0 Å². The molecule has 27 heavy (non-hydrogen) atoms. The van der Waals surface area contributed by atoms with Crippen LogP contribution in [0.15, 0.2) is 54.7 Å². The molecule has 0 spiro atoms. The molecule has 0 bridgehead atoms. The third-order valence-electron chi connectivity index (χ3n) is 4.88. The summed E-state index contributed by atoms with van der Waals surface area (Å²) < 4.78 is 27.6. The fraction of sp³-hybridized carbons (Fsp3) is 0.273. The van der Waals surface area contributed by atoms with Gasteiger partial charge >= 0.3 is 0 Å². The summed E-state index contributed by atoms with van der Waals surface area (Å²) in [5.41, 5.74) is 4.32. The number of halogens is 1. The Balaban J connectivity index is 1.82. The van der Waals surface area contributed by atoms with Crippen LogP contribution in [-0.4, -0.2) is 17.8 Å². The molecular formula is C22H24FN2O2+. The standard InChI is InChI=1S/C22H23FN2O2/c1-3-26-20-12-16-14-24-22(15-7-5-8-17(23)11-15)18-9-6-10-25(18)19(16)13-21(20)27-4-2/h5-13,22,24H,3-4,14H2,1-2H3/p+1/t22-/m1/s1. The van der Waals surface area contributed by atoms with Gasteiger partial charge in [-0.3, -0.25) is 0 Å². The van der Waals surface area contributed by atoms with Gasteiger partial charge in [0.2, 0.25) is 0 Å². The topological polar surface area (TPSA) is 40.0 Å². The van der Waals surface area contributed by atoms with Crippen LogP contribution in [-0.2, 0) is 6.54 Å². The lowest BCUT2D eigenvalue weighted by Crippen LogP contribution is -2.83. The maximum absolute atomic E-state index is 13.8. The summed E-state index contributed by atoms with van der Waals surface area (Å²) in [6, 6.07) is 15.1. The van der Waals surface area contributed by atoms with E-state index in [4.69, 9.17) is 9.47 Å². The number of benzene rings is 2. The van der Waals surface area contributed by atoms with Gasteiger partial charge < -0.3 is 19.4 Å². The quantitative estimate of drug-likeness (QED) is 0.749. The predicted octanol–water partition coefficient (Wildman–Crippen LogP) is 3.58. The average Bonchev–Trinajstić information content (AvgIpc) is 3.08. The lowest BCUT2D eigenvalue weighted by molar-refractivity contribution is -0.702. The molecule has 1 aromatic heterocycles. The Hall–Kier alpha value is -2.79. The molecule has 140 valence electrons. The van der Waals surface area contributed by atoms with E-state index in [0.29, 0.717) is 13.2 Å². The van der Waals surface area contributed by atoms with Gasteiger partial charge in [0.05, 0.1) is 24.6 Å². The number of ether oxygens (including phenoxy) is 2. The average molecular weight is 367 g/mol. The SMILES string of the molecule is CCOc1cc2c(cc1OCC)-n1cccc1[C@@H](c1cccc(F)c1)[NH2+]C2. The van der Waals surface area contributed by atoms with Gasteiger partial charge in [0, 0.05) is 23.4 Å². The second-order valence-corrected chi connectivity index (χ2v) is 6.57. The Morgan fingerprint density at radius 2 is 1.81 bits per heavy atom. The van der Waals surface area contributed by atoms with Crippen LogP contribution in [0, 0.1) is 5.82 Å². The van der Waals surface area contributed by atoms with Crippen molar-refractivity contribution in [3.05, 3.63) is 77.4 Å². The third kappa shape index (κ3) is 3.30. The van der Waals surface area contributed by atoms with E-state index >= 15 is 0 Å². The summed E-state index contributed by atoms with van der Waals surface area (Å²) in [6.07, 6.45) is 2.05. The van der Waals surface area contributed by atoms with Gasteiger partial charge in [0.15, 0.2) is 17.5 Å². The molecule has 2 aromatic carbocycles. The second-order valence-electron chi connectivity index (χ2n) is 6.57. The summed E-state index contributed by atoms with van der Waals surface area (Å²) in [4.78, 5) is 0. The molecule has 0 saturated carbocycles. The fourth-order valence-electron chi connectivity index (χ4n) is 3.76. The van der Waals surface area contributed by atoms with E-state index in [9.17, 15) is 4.39 Å². The van der Waals surface area contributed by atoms with Crippen LogP contribution in [0.2, 0.25) is 0 Å². The zero-order valence-corrected chi connectivity index (χ0v) is 15.6. The molecule has 0 radical (unpaired) electrons. The Morgan fingerprint density at radius 3 is 2.56 bits per heavy atom. The van der Waals surface area contributed by atoms with Crippen LogP contribution < -0.4 is 14.8 Å². The molecule has 4 rings (SSSR count). The molecule has 1 atom stereocenters. The highest BCUT2D eigenvalue weighted by molar-refractivity contribution is 5.56. The van der Waals surface area contributed by atoms with Gasteiger partial charge in [0.1, 0.15) is 12.4 Å². The normalized spacial score (nSPS) is 15.6. The van der Waals surface area contributed by atoms with Crippen molar-refractivity contribution in [2.75, 3.05) is 13.2 Å². The van der Waals surface area contributed by atoms with Gasteiger partial charge in [-0.15, -0.1) is 0 Å². The lowest BCUT2D eigenvalue weighted by atomic mass is 10.0. The van der Waals surface area contributed by atoms with E-state index in [1.54, 1.807) is 12.1 Å². The maximum Gasteiger partial charge on any atom is 0.163 e. The monoisotopic (exact) mass is 367 g/mol. The number of rotatable bonds is 5. The first kappa shape index (κ1) is 17.6. The highest BCUT2D eigenvalue weighted by atomic mass is 19.1.